The standard InChI is InChI=1S/C11H12OS/c1-2-10(8-9-12)13-11-6-4-3-5-7-11/h2-8,12H,1,9H2/b10-8+. The quantitative estimate of drug-likeness (QED) is 0.584. The molecule has 13 heavy (non-hydrogen) atoms. The Labute approximate surface area is 82.8 Å². The fraction of sp³-hybridized carbons (Fsp3) is 0.0909. The normalized spacial score (nSPS) is 11.3. The maximum Gasteiger partial charge on any atom is 0.0626 e. The third-order valence-corrected chi connectivity index (χ3v) is 2.55. The second-order valence-electron chi connectivity index (χ2n) is 2.41. The predicted molar refractivity (Wildman–Crippen MR) is 57.7 cm³/mol. The van der Waals surface area contributed by atoms with Crippen molar-refractivity contribution in [3.63, 3.8) is 0 Å². The van der Waals surface area contributed by atoms with Crippen molar-refractivity contribution < 1.29 is 5.11 Å². The van der Waals surface area contributed by atoms with Gasteiger partial charge in [-0.2, -0.15) is 0 Å². The molecule has 0 aliphatic heterocycles. The van der Waals surface area contributed by atoms with Crippen molar-refractivity contribution in [2.24, 2.45) is 0 Å². The maximum absolute atomic E-state index is 8.71. The lowest BCUT2D eigenvalue weighted by molar-refractivity contribution is 0.342. The van der Waals surface area contributed by atoms with Crippen LogP contribution in [0.3, 0.4) is 0 Å². The average molecular weight is 192 g/mol. The van der Waals surface area contributed by atoms with Gasteiger partial charge < -0.3 is 5.11 Å². The van der Waals surface area contributed by atoms with Crippen LogP contribution in [-0.4, -0.2) is 11.7 Å². The first kappa shape index (κ1) is 10.1. The molecule has 0 fully saturated rings. The summed E-state index contributed by atoms with van der Waals surface area (Å²) in [5.74, 6) is 0. The Balaban J connectivity index is 2.68. The molecule has 0 aliphatic rings. The minimum Gasteiger partial charge on any atom is -0.392 e. The van der Waals surface area contributed by atoms with Crippen molar-refractivity contribution in [3.05, 3.63) is 54.0 Å². The monoisotopic (exact) mass is 192 g/mol. The highest BCUT2D eigenvalue weighted by molar-refractivity contribution is 8.03. The summed E-state index contributed by atoms with van der Waals surface area (Å²) < 4.78 is 0. The van der Waals surface area contributed by atoms with Gasteiger partial charge in [0.05, 0.1) is 6.61 Å². The lowest BCUT2D eigenvalue weighted by atomic mass is 10.4. The first-order chi connectivity index (χ1) is 6.36. The summed E-state index contributed by atoms with van der Waals surface area (Å²) >= 11 is 1.60. The van der Waals surface area contributed by atoms with Crippen LogP contribution in [-0.2, 0) is 0 Å². The second kappa shape index (κ2) is 5.62. The Morgan fingerprint density at radius 1 is 1.38 bits per heavy atom. The van der Waals surface area contributed by atoms with Crippen molar-refractivity contribution in [2.75, 3.05) is 6.61 Å². The number of aliphatic hydroxyl groups is 1. The molecular formula is C11H12OS. The summed E-state index contributed by atoms with van der Waals surface area (Å²) in [4.78, 5) is 2.14. The molecule has 0 unspecified atom stereocenters. The van der Waals surface area contributed by atoms with E-state index in [2.05, 4.69) is 6.58 Å². The van der Waals surface area contributed by atoms with E-state index >= 15 is 0 Å². The van der Waals surface area contributed by atoms with Crippen molar-refractivity contribution >= 4 is 11.8 Å². The molecular weight excluding hydrogens is 180 g/mol. The molecule has 0 aromatic heterocycles. The van der Waals surface area contributed by atoms with E-state index in [1.165, 1.54) is 0 Å². The summed E-state index contributed by atoms with van der Waals surface area (Å²) in [7, 11) is 0. The first-order valence-electron chi connectivity index (χ1n) is 4.03. The zero-order valence-corrected chi connectivity index (χ0v) is 8.13. The molecule has 0 saturated heterocycles. The molecule has 1 nitrogen and oxygen atoms in total. The topological polar surface area (TPSA) is 20.2 Å². The van der Waals surface area contributed by atoms with Gasteiger partial charge in [0.2, 0.25) is 0 Å². The van der Waals surface area contributed by atoms with Gasteiger partial charge in [0.15, 0.2) is 0 Å². The SMILES string of the molecule is C=C/C(=C\CO)Sc1ccccc1. The molecule has 1 N–H and O–H groups in total. The van der Waals surface area contributed by atoms with Gasteiger partial charge in [-0.05, 0) is 18.2 Å². The van der Waals surface area contributed by atoms with Crippen LogP contribution in [0.25, 0.3) is 0 Å². The lowest BCUT2D eigenvalue weighted by Gasteiger charge is -2.00. The van der Waals surface area contributed by atoms with E-state index in [1.807, 2.05) is 30.3 Å². The molecule has 0 amide bonds. The molecule has 1 aromatic rings. The summed E-state index contributed by atoms with van der Waals surface area (Å²) in [5, 5.41) is 8.71. The predicted octanol–water partition coefficient (Wildman–Crippen LogP) is 2.84. The number of hydrogen-bond donors (Lipinski definition) is 1. The van der Waals surface area contributed by atoms with Crippen LogP contribution in [0.2, 0.25) is 0 Å². The van der Waals surface area contributed by atoms with Gasteiger partial charge in [-0.1, -0.05) is 42.6 Å². The molecule has 68 valence electrons. The Morgan fingerprint density at radius 3 is 2.62 bits per heavy atom. The summed E-state index contributed by atoms with van der Waals surface area (Å²) in [6.07, 6.45) is 3.48. The number of hydrogen-bond acceptors (Lipinski definition) is 2. The van der Waals surface area contributed by atoms with Crippen LogP contribution >= 0.6 is 11.8 Å². The molecule has 0 radical (unpaired) electrons. The van der Waals surface area contributed by atoms with Crippen LogP contribution < -0.4 is 0 Å². The number of allylic oxidation sites excluding steroid dienone is 1. The molecule has 0 heterocycles. The Hall–Kier alpha value is -0.990. The average Bonchev–Trinajstić information content (AvgIpc) is 2.19. The molecule has 0 bridgehead atoms. The van der Waals surface area contributed by atoms with Crippen molar-refractivity contribution in [3.8, 4) is 0 Å². The summed E-state index contributed by atoms with van der Waals surface area (Å²) in [5.41, 5.74) is 0. The smallest absolute Gasteiger partial charge is 0.0626 e. The Bertz CT molecular complexity index is 290. The largest absolute Gasteiger partial charge is 0.392 e. The second-order valence-corrected chi connectivity index (χ2v) is 3.56. The summed E-state index contributed by atoms with van der Waals surface area (Å²) in [6.45, 7) is 3.73. The zero-order chi connectivity index (χ0) is 9.52. The third-order valence-electron chi connectivity index (χ3n) is 1.47. The minimum absolute atomic E-state index is 0.0567. The van der Waals surface area contributed by atoms with Crippen LogP contribution in [0.1, 0.15) is 0 Å². The molecule has 0 spiro atoms. The van der Waals surface area contributed by atoms with E-state index in [1.54, 1.807) is 23.9 Å². The number of benzene rings is 1. The highest BCUT2D eigenvalue weighted by Crippen LogP contribution is 2.26. The third kappa shape index (κ3) is 3.49. The molecule has 0 aliphatic carbocycles. The maximum atomic E-state index is 8.71. The number of rotatable bonds is 4. The van der Waals surface area contributed by atoms with Crippen LogP contribution in [0.5, 0.6) is 0 Å². The molecule has 0 atom stereocenters. The van der Waals surface area contributed by atoms with Gasteiger partial charge in [0.1, 0.15) is 0 Å². The summed E-state index contributed by atoms with van der Waals surface area (Å²) in [6, 6.07) is 10.0. The van der Waals surface area contributed by atoms with Crippen LogP contribution in [0, 0.1) is 0 Å². The van der Waals surface area contributed by atoms with E-state index in [9.17, 15) is 0 Å². The van der Waals surface area contributed by atoms with Crippen molar-refractivity contribution in [2.45, 2.75) is 4.90 Å². The van der Waals surface area contributed by atoms with Gasteiger partial charge in [-0.15, -0.1) is 0 Å². The van der Waals surface area contributed by atoms with E-state index < -0.39 is 0 Å². The van der Waals surface area contributed by atoms with E-state index in [4.69, 9.17) is 5.11 Å². The first-order valence-corrected chi connectivity index (χ1v) is 4.85. The Kier molecular flexibility index (Phi) is 4.36. The van der Waals surface area contributed by atoms with Gasteiger partial charge in [-0.3, -0.25) is 0 Å². The van der Waals surface area contributed by atoms with Gasteiger partial charge in [0, 0.05) is 9.80 Å². The fourth-order valence-corrected chi connectivity index (χ4v) is 1.69. The van der Waals surface area contributed by atoms with Gasteiger partial charge >= 0.3 is 0 Å². The van der Waals surface area contributed by atoms with Gasteiger partial charge in [-0.25, -0.2) is 0 Å². The Morgan fingerprint density at radius 2 is 2.08 bits per heavy atom. The molecule has 0 saturated carbocycles. The number of aliphatic hydroxyl groups excluding tert-OH is 1. The fourth-order valence-electron chi connectivity index (χ4n) is 0.881. The molecule has 1 aromatic carbocycles. The number of thioether (sulfide) groups is 1. The highest BCUT2D eigenvalue weighted by Gasteiger charge is 1.94. The van der Waals surface area contributed by atoms with Crippen molar-refractivity contribution in [1.82, 2.24) is 0 Å². The zero-order valence-electron chi connectivity index (χ0n) is 7.31. The highest BCUT2D eigenvalue weighted by atomic mass is 32.2. The van der Waals surface area contributed by atoms with Gasteiger partial charge in [0.25, 0.3) is 0 Å². The van der Waals surface area contributed by atoms with E-state index in [0.29, 0.717) is 0 Å². The van der Waals surface area contributed by atoms with Crippen molar-refractivity contribution in [1.29, 1.82) is 0 Å². The minimum atomic E-state index is 0.0567. The lowest BCUT2D eigenvalue weighted by Crippen LogP contribution is -1.77. The van der Waals surface area contributed by atoms with E-state index in [-0.39, 0.29) is 6.61 Å². The van der Waals surface area contributed by atoms with E-state index in [0.717, 1.165) is 9.80 Å². The van der Waals surface area contributed by atoms with Crippen LogP contribution in [0.4, 0.5) is 0 Å². The van der Waals surface area contributed by atoms with Crippen LogP contribution in [0.15, 0.2) is 58.9 Å². The molecule has 2 heteroatoms. The molecule has 1 rings (SSSR count).